The van der Waals surface area contributed by atoms with Crippen molar-refractivity contribution in [3.05, 3.63) is 47.5 Å². The lowest BCUT2D eigenvalue weighted by molar-refractivity contribution is 0.0614. The van der Waals surface area contributed by atoms with E-state index in [2.05, 4.69) is 0 Å². The van der Waals surface area contributed by atoms with E-state index in [1.54, 1.807) is 24.3 Å². The van der Waals surface area contributed by atoms with Gasteiger partial charge in [-0.1, -0.05) is 24.3 Å². The fourth-order valence-electron chi connectivity index (χ4n) is 2.45. The van der Waals surface area contributed by atoms with Gasteiger partial charge in [0.25, 0.3) is 11.8 Å². The van der Waals surface area contributed by atoms with Crippen molar-refractivity contribution in [3.8, 4) is 6.07 Å². The topological polar surface area (TPSA) is 61.2 Å². The summed E-state index contributed by atoms with van der Waals surface area (Å²) in [5, 5.41) is 10.2. The van der Waals surface area contributed by atoms with Crippen molar-refractivity contribution in [1.29, 1.82) is 5.26 Å². The Morgan fingerprint density at radius 1 is 1.00 bits per heavy atom. The molecule has 0 atom stereocenters. The number of imide groups is 1. The van der Waals surface area contributed by atoms with Crippen LogP contribution >= 0.6 is 0 Å². The first kappa shape index (κ1) is 11.4. The van der Waals surface area contributed by atoms with E-state index in [-0.39, 0.29) is 24.8 Å². The molecule has 0 aromatic heterocycles. The average Bonchev–Trinajstić information content (AvgIpc) is 2.44. The van der Waals surface area contributed by atoms with E-state index in [0.29, 0.717) is 16.5 Å². The van der Waals surface area contributed by atoms with Gasteiger partial charge in [0.2, 0.25) is 0 Å². The predicted octanol–water partition coefficient (Wildman–Crippen LogP) is 2.35. The number of hydrogen-bond acceptors (Lipinski definition) is 3. The van der Waals surface area contributed by atoms with Crippen LogP contribution in [0.2, 0.25) is 0 Å². The largest absolute Gasteiger partial charge is 0.273 e. The Hall–Kier alpha value is -2.67. The molecule has 2 aromatic rings. The number of nitriles is 1. The van der Waals surface area contributed by atoms with Crippen molar-refractivity contribution < 1.29 is 9.59 Å². The van der Waals surface area contributed by atoms with Gasteiger partial charge >= 0.3 is 0 Å². The van der Waals surface area contributed by atoms with E-state index in [1.807, 2.05) is 18.2 Å². The molecule has 0 bridgehead atoms. The summed E-state index contributed by atoms with van der Waals surface area (Å²) in [7, 11) is 0. The maximum Gasteiger partial charge on any atom is 0.261 e. The van der Waals surface area contributed by atoms with Gasteiger partial charge in [-0.15, -0.1) is 0 Å². The fraction of sp³-hybridized carbons (Fsp3) is 0.133. The molecular formula is C15H10N2O2. The molecule has 1 heterocycles. The molecule has 0 saturated carbocycles. The molecule has 0 fully saturated rings. The third kappa shape index (κ3) is 1.59. The highest BCUT2D eigenvalue weighted by molar-refractivity contribution is 6.25. The van der Waals surface area contributed by atoms with Crippen molar-refractivity contribution >= 4 is 22.6 Å². The van der Waals surface area contributed by atoms with Crippen LogP contribution in [-0.4, -0.2) is 23.3 Å². The van der Waals surface area contributed by atoms with Crippen LogP contribution < -0.4 is 0 Å². The van der Waals surface area contributed by atoms with Crippen molar-refractivity contribution in [1.82, 2.24) is 4.90 Å². The first-order chi connectivity index (χ1) is 9.24. The minimum absolute atomic E-state index is 0.138. The molecule has 0 unspecified atom stereocenters. The Kier molecular flexibility index (Phi) is 2.53. The number of rotatable bonds is 2. The number of benzene rings is 2. The van der Waals surface area contributed by atoms with Crippen molar-refractivity contribution in [3.63, 3.8) is 0 Å². The Balaban J connectivity index is 2.23. The van der Waals surface area contributed by atoms with Crippen molar-refractivity contribution in [2.24, 2.45) is 0 Å². The third-order valence-corrected chi connectivity index (χ3v) is 3.30. The summed E-state index contributed by atoms with van der Waals surface area (Å²) in [6, 6.07) is 12.8. The van der Waals surface area contributed by atoms with Gasteiger partial charge in [0.05, 0.1) is 12.5 Å². The van der Waals surface area contributed by atoms with Crippen molar-refractivity contribution in [2.75, 3.05) is 6.54 Å². The zero-order chi connectivity index (χ0) is 13.4. The molecule has 0 radical (unpaired) electrons. The Morgan fingerprint density at radius 3 is 2.11 bits per heavy atom. The van der Waals surface area contributed by atoms with Crippen LogP contribution in [0.15, 0.2) is 36.4 Å². The van der Waals surface area contributed by atoms with Gasteiger partial charge in [-0.25, -0.2) is 0 Å². The maximum atomic E-state index is 12.3. The molecule has 4 heteroatoms. The summed E-state index contributed by atoms with van der Waals surface area (Å²) in [6.07, 6.45) is 0.148. The van der Waals surface area contributed by atoms with Gasteiger partial charge in [0.1, 0.15) is 0 Å². The van der Waals surface area contributed by atoms with Gasteiger partial charge in [-0.05, 0) is 17.5 Å². The summed E-state index contributed by atoms with van der Waals surface area (Å²) in [6.45, 7) is 0.138. The predicted molar refractivity (Wildman–Crippen MR) is 69.5 cm³/mol. The highest BCUT2D eigenvalue weighted by Gasteiger charge is 2.31. The molecule has 2 amide bonds. The van der Waals surface area contributed by atoms with Gasteiger partial charge in [-0.2, -0.15) is 5.26 Å². The summed E-state index contributed by atoms with van der Waals surface area (Å²) >= 11 is 0. The Bertz CT molecular complexity index is 693. The molecule has 2 aromatic carbocycles. The van der Waals surface area contributed by atoms with Gasteiger partial charge < -0.3 is 0 Å². The highest BCUT2D eigenvalue weighted by Crippen LogP contribution is 2.29. The lowest BCUT2D eigenvalue weighted by Crippen LogP contribution is -2.40. The molecule has 4 nitrogen and oxygen atoms in total. The maximum absolute atomic E-state index is 12.3. The summed E-state index contributed by atoms with van der Waals surface area (Å²) in [5.41, 5.74) is 1.07. The number of carbonyl (C=O) groups excluding carboxylic acids is 2. The molecule has 0 aliphatic carbocycles. The minimum Gasteiger partial charge on any atom is -0.273 e. The van der Waals surface area contributed by atoms with Crippen LogP contribution in [0.25, 0.3) is 10.8 Å². The number of amides is 2. The monoisotopic (exact) mass is 250 g/mol. The third-order valence-electron chi connectivity index (χ3n) is 3.30. The van der Waals surface area contributed by atoms with Crippen LogP contribution in [0.3, 0.4) is 0 Å². The minimum atomic E-state index is -0.315. The Labute approximate surface area is 109 Å². The average molecular weight is 250 g/mol. The lowest BCUT2D eigenvalue weighted by Gasteiger charge is -2.26. The summed E-state index contributed by atoms with van der Waals surface area (Å²) in [5.74, 6) is -0.630. The van der Waals surface area contributed by atoms with E-state index < -0.39 is 0 Å². The molecular weight excluding hydrogens is 240 g/mol. The van der Waals surface area contributed by atoms with Crippen molar-refractivity contribution in [2.45, 2.75) is 6.42 Å². The second kappa shape index (κ2) is 4.21. The summed E-state index contributed by atoms with van der Waals surface area (Å²) in [4.78, 5) is 25.8. The highest BCUT2D eigenvalue weighted by atomic mass is 16.2. The van der Waals surface area contributed by atoms with Crippen LogP contribution in [0, 0.1) is 11.3 Å². The lowest BCUT2D eigenvalue weighted by atomic mass is 9.94. The molecule has 92 valence electrons. The number of nitrogens with zero attached hydrogens (tertiary/aromatic N) is 2. The zero-order valence-corrected chi connectivity index (χ0v) is 10.1. The number of hydrogen-bond donors (Lipinski definition) is 0. The molecule has 3 rings (SSSR count). The summed E-state index contributed by atoms with van der Waals surface area (Å²) < 4.78 is 0. The normalized spacial score (nSPS) is 13.7. The first-order valence-electron chi connectivity index (χ1n) is 5.99. The number of carbonyl (C=O) groups is 2. The molecule has 19 heavy (non-hydrogen) atoms. The smallest absolute Gasteiger partial charge is 0.261 e. The molecule has 1 aliphatic heterocycles. The zero-order valence-electron chi connectivity index (χ0n) is 10.1. The van der Waals surface area contributed by atoms with Gasteiger partial charge in [0, 0.05) is 23.1 Å². The van der Waals surface area contributed by atoms with Crippen LogP contribution in [0.5, 0.6) is 0 Å². The fourth-order valence-corrected chi connectivity index (χ4v) is 2.45. The molecule has 0 spiro atoms. The molecule has 1 aliphatic rings. The van der Waals surface area contributed by atoms with E-state index in [4.69, 9.17) is 5.26 Å². The molecule has 0 N–H and O–H groups in total. The quantitative estimate of drug-likeness (QED) is 0.768. The van der Waals surface area contributed by atoms with Gasteiger partial charge in [-0.3, -0.25) is 14.5 Å². The first-order valence-corrected chi connectivity index (χ1v) is 5.99. The van der Waals surface area contributed by atoms with E-state index >= 15 is 0 Å². The molecule has 0 saturated heterocycles. The van der Waals surface area contributed by atoms with Crippen LogP contribution in [0.4, 0.5) is 0 Å². The van der Waals surface area contributed by atoms with E-state index in [9.17, 15) is 9.59 Å². The van der Waals surface area contributed by atoms with E-state index in [0.717, 1.165) is 10.3 Å². The SMILES string of the molecule is N#CCCN1C(=O)c2cccc3cccc(c23)C1=O. The second-order valence-electron chi connectivity index (χ2n) is 4.38. The van der Waals surface area contributed by atoms with Gasteiger partial charge in [0.15, 0.2) is 0 Å². The second-order valence-corrected chi connectivity index (χ2v) is 4.38. The Morgan fingerprint density at radius 2 is 1.58 bits per heavy atom. The standard InChI is InChI=1S/C15H10N2O2/c16-8-3-9-17-14(18)11-6-1-4-10-5-2-7-12(13(10)11)15(17)19/h1-2,4-7H,3,9H2. The van der Waals surface area contributed by atoms with Crippen LogP contribution in [0.1, 0.15) is 27.1 Å². The van der Waals surface area contributed by atoms with E-state index in [1.165, 1.54) is 0 Å². The van der Waals surface area contributed by atoms with Crippen LogP contribution in [-0.2, 0) is 0 Å².